The monoisotopic (exact) mass is 418 g/mol. The van der Waals surface area contributed by atoms with E-state index in [-0.39, 0.29) is 17.0 Å². The van der Waals surface area contributed by atoms with E-state index in [2.05, 4.69) is 4.98 Å². The number of carboxylic acids is 1. The van der Waals surface area contributed by atoms with Gasteiger partial charge in [0.25, 0.3) is 0 Å². The van der Waals surface area contributed by atoms with Crippen molar-refractivity contribution in [2.24, 2.45) is 5.92 Å². The van der Waals surface area contributed by atoms with Crippen LogP contribution >= 0.6 is 11.6 Å². The maximum absolute atomic E-state index is 14.1. The summed E-state index contributed by atoms with van der Waals surface area (Å²) in [6.45, 7) is 0. The Kier molecular flexibility index (Phi) is 5.54. The molecule has 4 nitrogen and oxygen atoms in total. The molecule has 4 rings (SSSR count). The van der Waals surface area contributed by atoms with E-state index in [1.54, 1.807) is 28.8 Å². The molecule has 1 aliphatic rings. The zero-order valence-corrected chi connectivity index (χ0v) is 16.5. The van der Waals surface area contributed by atoms with Gasteiger partial charge in [-0.25, -0.2) is 18.6 Å². The van der Waals surface area contributed by atoms with Crippen molar-refractivity contribution in [3.8, 4) is 11.4 Å². The van der Waals surface area contributed by atoms with Crippen molar-refractivity contribution >= 4 is 28.6 Å². The number of nitrogens with zero attached hydrogens (tertiary/aromatic N) is 2. The van der Waals surface area contributed by atoms with E-state index in [1.165, 1.54) is 0 Å². The highest BCUT2D eigenvalue weighted by Crippen LogP contribution is 2.38. The third-order valence-corrected chi connectivity index (χ3v) is 5.96. The van der Waals surface area contributed by atoms with Crippen molar-refractivity contribution in [2.45, 2.75) is 44.6 Å². The molecule has 1 unspecified atom stereocenters. The van der Waals surface area contributed by atoms with Crippen LogP contribution in [-0.2, 0) is 4.79 Å². The van der Waals surface area contributed by atoms with Gasteiger partial charge in [0, 0.05) is 22.7 Å². The van der Waals surface area contributed by atoms with Crippen LogP contribution in [0.5, 0.6) is 0 Å². The Balaban J connectivity index is 1.95. The molecule has 7 heteroatoms. The minimum atomic E-state index is -1.02. The molecular formula is C22H21ClF2N2O2. The highest BCUT2D eigenvalue weighted by atomic mass is 35.5. The van der Waals surface area contributed by atoms with Crippen molar-refractivity contribution in [1.82, 2.24) is 9.55 Å². The topological polar surface area (TPSA) is 55.1 Å². The zero-order chi connectivity index (χ0) is 20.5. The van der Waals surface area contributed by atoms with E-state index in [1.807, 2.05) is 0 Å². The predicted octanol–water partition coefficient (Wildman–Crippen LogP) is 6.23. The number of halogens is 3. The quantitative estimate of drug-likeness (QED) is 0.511. The number of hydrogen-bond acceptors (Lipinski definition) is 2. The van der Waals surface area contributed by atoms with Crippen LogP contribution in [0, 0.1) is 17.6 Å². The van der Waals surface area contributed by atoms with E-state index < -0.39 is 23.6 Å². The fourth-order valence-corrected chi connectivity index (χ4v) is 4.45. The summed E-state index contributed by atoms with van der Waals surface area (Å²) < 4.78 is 29.5. The van der Waals surface area contributed by atoms with E-state index >= 15 is 0 Å². The first-order chi connectivity index (χ1) is 14.0. The Labute approximate surface area is 172 Å². The van der Waals surface area contributed by atoms with E-state index in [0.29, 0.717) is 16.4 Å². The van der Waals surface area contributed by atoms with Crippen molar-refractivity contribution in [3.63, 3.8) is 0 Å². The average Bonchev–Trinajstić information content (AvgIpc) is 2.86. The second kappa shape index (κ2) is 8.11. The minimum absolute atomic E-state index is 0.105. The fourth-order valence-electron chi connectivity index (χ4n) is 4.32. The number of carboxylic acid groups (broad SMARTS) is 1. The van der Waals surface area contributed by atoms with E-state index in [0.717, 1.165) is 50.7 Å². The van der Waals surface area contributed by atoms with Crippen LogP contribution < -0.4 is 0 Å². The molecule has 0 amide bonds. The number of aromatic nitrogens is 2. The minimum Gasteiger partial charge on any atom is -0.480 e. The Morgan fingerprint density at radius 1 is 1.07 bits per heavy atom. The van der Waals surface area contributed by atoms with Crippen molar-refractivity contribution in [1.29, 1.82) is 0 Å². The van der Waals surface area contributed by atoms with Crippen LogP contribution in [0.2, 0.25) is 5.02 Å². The molecule has 152 valence electrons. The van der Waals surface area contributed by atoms with Gasteiger partial charge in [0.05, 0.1) is 11.0 Å². The summed E-state index contributed by atoms with van der Waals surface area (Å²) >= 11 is 5.99. The molecule has 1 atom stereocenters. The lowest BCUT2D eigenvalue weighted by molar-refractivity contribution is -0.142. The molecule has 1 saturated carbocycles. The van der Waals surface area contributed by atoms with Gasteiger partial charge in [0.15, 0.2) is 11.6 Å². The molecule has 1 aliphatic carbocycles. The summed E-state index contributed by atoms with van der Waals surface area (Å²) in [5.41, 5.74) is 1.16. The van der Waals surface area contributed by atoms with Crippen molar-refractivity contribution in [3.05, 3.63) is 53.1 Å². The average molecular weight is 419 g/mol. The van der Waals surface area contributed by atoms with Gasteiger partial charge in [0.1, 0.15) is 11.9 Å². The number of benzene rings is 2. The fraction of sp³-hybridized carbons (Fsp3) is 0.364. The SMILES string of the molecule is O=C(O)C(C1CCCCCC1)n1c(-c2ccc(Cl)cc2)nc2cc(F)c(F)cc21. The first-order valence-corrected chi connectivity index (χ1v) is 10.2. The molecule has 0 radical (unpaired) electrons. The standard InChI is InChI=1S/C22H21ClF2N2O2/c23-15-9-7-14(8-10-15)21-26-18-11-16(24)17(25)12-19(18)27(21)20(22(28)29)13-5-3-1-2-4-6-13/h7-13,20H,1-6H2,(H,28,29). The normalized spacial score (nSPS) is 16.7. The maximum atomic E-state index is 14.1. The summed E-state index contributed by atoms with van der Waals surface area (Å²) in [5.74, 6) is -2.75. The lowest BCUT2D eigenvalue weighted by atomic mass is 9.91. The van der Waals surface area contributed by atoms with Gasteiger partial charge < -0.3 is 9.67 Å². The molecule has 1 fully saturated rings. The molecule has 1 heterocycles. The first-order valence-electron chi connectivity index (χ1n) is 9.81. The number of aliphatic carboxylic acids is 1. The number of hydrogen-bond donors (Lipinski definition) is 1. The highest BCUT2D eigenvalue weighted by molar-refractivity contribution is 6.30. The van der Waals surface area contributed by atoms with Gasteiger partial charge >= 0.3 is 5.97 Å². The molecular weight excluding hydrogens is 398 g/mol. The van der Waals surface area contributed by atoms with Crippen LogP contribution in [0.4, 0.5) is 8.78 Å². The lowest BCUT2D eigenvalue weighted by Crippen LogP contribution is -2.28. The van der Waals surface area contributed by atoms with Crippen LogP contribution in [0.25, 0.3) is 22.4 Å². The number of carbonyl (C=O) groups is 1. The lowest BCUT2D eigenvalue weighted by Gasteiger charge is -2.26. The molecule has 2 aromatic carbocycles. The van der Waals surface area contributed by atoms with Crippen LogP contribution in [0.3, 0.4) is 0 Å². The number of imidazole rings is 1. The smallest absolute Gasteiger partial charge is 0.327 e. The first kappa shape index (κ1) is 19.8. The Morgan fingerprint density at radius 2 is 1.69 bits per heavy atom. The molecule has 3 aromatic rings. The summed E-state index contributed by atoms with van der Waals surface area (Å²) in [6, 6.07) is 7.99. The van der Waals surface area contributed by atoms with Crippen molar-refractivity contribution < 1.29 is 18.7 Å². The summed E-state index contributed by atoms with van der Waals surface area (Å²) in [7, 11) is 0. The predicted molar refractivity (Wildman–Crippen MR) is 108 cm³/mol. The van der Waals surface area contributed by atoms with Gasteiger partial charge in [-0.05, 0) is 43.0 Å². The van der Waals surface area contributed by atoms with E-state index in [4.69, 9.17) is 11.6 Å². The van der Waals surface area contributed by atoms with E-state index in [9.17, 15) is 18.7 Å². The summed E-state index contributed by atoms with van der Waals surface area (Å²) in [6.07, 6.45) is 5.64. The number of rotatable bonds is 4. The molecule has 1 aromatic heterocycles. The second-order valence-electron chi connectivity index (χ2n) is 7.60. The van der Waals surface area contributed by atoms with Crippen LogP contribution in [0.1, 0.15) is 44.6 Å². The maximum Gasteiger partial charge on any atom is 0.327 e. The largest absolute Gasteiger partial charge is 0.480 e. The molecule has 0 bridgehead atoms. The van der Waals surface area contributed by atoms with Gasteiger partial charge in [-0.2, -0.15) is 0 Å². The molecule has 1 N–H and O–H groups in total. The molecule has 29 heavy (non-hydrogen) atoms. The molecule has 0 spiro atoms. The van der Waals surface area contributed by atoms with Gasteiger partial charge in [0.2, 0.25) is 0 Å². The zero-order valence-electron chi connectivity index (χ0n) is 15.7. The van der Waals surface area contributed by atoms with Gasteiger partial charge in [-0.1, -0.05) is 37.3 Å². The number of fused-ring (bicyclic) bond motifs is 1. The summed E-state index contributed by atoms with van der Waals surface area (Å²) in [4.78, 5) is 16.9. The third-order valence-electron chi connectivity index (χ3n) is 5.71. The molecule has 0 saturated heterocycles. The van der Waals surface area contributed by atoms with Gasteiger partial charge in [-0.15, -0.1) is 0 Å². The second-order valence-corrected chi connectivity index (χ2v) is 8.04. The Bertz CT molecular complexity index is 1040. The van der Waals surface area contributed by atoms with Gasteiger partial charge in [-0.3, -0.25) is 0 Å². The van der Waals surface area contributed by atoms with Crippen molar-refractivity contribution in [2.75, 3.05) is 0 Å². The Morgan fingerprint density at radius 3 is 2.31 bits per heavy atom. The molecule has 0 aliphatic heterocycles. The third kappa shape index (κ3) is 3.86. The van der Waals surface area contributed by atoms with Crippen LogP contribution in [-0.4, -0.2) is 20.6 Å². The summed E-state index contributed by atoms with van der Waals surface area (Å²) in [5, 5.41) is 10.7. The van der Waals surface area contributed by atoms with Crippen LogP contribution in [0.15, 0.2) is 36.4 Å². The highest BCUT2D eigenvalue weighted by Gasteiger charge is 2.34. The Hall–Kier alpha value is -2.47.